The molecule has 1 aliphatic heterocycles. The summed E-state index contributed by atoms with van der Waals surface area (Å²) in [6.45, 7) is 2.92. The van der Waals surface area contributed by atoms with Gasteiger partial charge in [-0.25, -0.2) is 0 Å². The zero-order valence-corrected chi connectivity index (χ0v) is 15.8. The van der Waals surface area contributed by atoms with Crippen LogP contribution < -0.4 is 9.64 Å². The monoisotopic (exact) mass is 378 g/mol. The maximum Gasteiger partial charge on any atom is 0.325 e. The van der Waals surface area contributed by atoms with Crippen LogP contribution in [0.2, 0.25) is 0 Å². The predicted octanol–water partition coefficient (Wildman–Crippen LogP) is 1.23. The van der Waals surface area contributed by atoms with Crippen LogP contribution in [0.1, 0.15) is 19.8 Å². The van der Waals surface area contributed by atoms with E-state index >= 15 is 0 Å². The highest BCUT2D eigenvalue weighted by molar-refractivity contribution is 5.95. The topological polar surface area (TPSA) is 85.4 Å². The van der Waals surface area contributed by atoms with E-state index in [9.17, 15) is 14.4 Å². The van der Waals surface area contributed by atoms with Gasteiger partial charge in [-0.05, 0) is 37.6 Å². The summed E-state index contributed by atoms with van der Waals surface area (Å²) in [5, 5.41) is 0. The summed E-state index contributed by atoms with van der Waals surface area (Å²) in [7, 11) is 1.52. The SMILES string of the molecule is CCOC(=O)CN(CCOC)C(=O)COc1ccc(N2CCCC2=O)cc1. The summed E-state index contributed by atoms with van der Waals surface area (Å²) < 4.78 is 15.4. The van der Waals surface area contributed by atoms with Gasteiger partial charge in [-0.2, -0.15) is 0 Å². The molecule has 8 nitrogen and oxygen atoms in total. The van der Waals surface area contributed by atoms with Crippen LogP contribution in [0.5, 0.6) is 5.75 Å². The molecule has 27 heavy (non-hydrogen) atoms. The van der Waals surface area contributed by atoms with E-state index in [-0.39, 0.29) is 38.1 Å². The van der Waals surface area contributed by atoms with Crippen molar-refractivity contribution in [3.63, 3.8) is 0 Å². The van der Waals surface area contributed by atoms with Gasteiger partial charge in [0.15, 0.2) is 6.61 Å². The molecule has 8 heteroatoms. The van der Waals surface area contributed by atoms with Crippen molar-refractivity contribution in [2.45, 2.75) is 19.8 Å². The number of anilines is 1. The Hall–Kier alpha value is -2.61. The molecule has 0 aromatic heterocycles. The number of carbonyl (C=O) groups is 3. The fourth-order valence-corrected chi connectivity index (χ4v) is 2.74. The lowest BCUT2D eigenvalue weighted by molar-refractivity contribution is -0.149. The quantitative estimate of drug-likeness (QED) is 0.570. The van der Waals surface area contributed by atoms with Gasteiger partial charge in [-0.3, -0.25) is 14.4 Å². The van der Waals surface area contributed by atoms with Crippen molar-refractivity contribution in [3.05, 3.63) is 24.3 Å². The van der Waals surface area contributed by atoms with E-state index in [1.165, 1.54) is 12.0 Å². The summed E-state index contributed by atoms with van der Waals surface area (Å²) in [5.74, 6) is -0.173. The summed E-state index contributed by atoms with van der Waals surface area (Å²) in [4.78, 5) is 38.9. The highest BCUT2D eigenvalue weighted by Crippen LogP contribution is 2.23. The molecule has 0 N–H and O–H groups in total. The number of esters is 1. The van der Waals surface area contributed by atoms with E-state index in [0.29, 0.717) is 18.8 Å². The highest BCUT2D eigenvalue weighted by atomic mass is 16.5. The van der Waals surface area contributed by atoms with Crippen LogP contribution in [0.4, 0.5) is 5.69 Å². The Morgan fingerprint density at radius 1 is 1.22 bits per heavy atom. The molecule has 0 aliphatic carbocycles. The lowest BCUT2D eigenvalue weighted by Crippen LogP contribution is -2.41. The number of rotatable bonds is 10. The minimum absolute atomic E-state index is 0.117. The lowest BCUT2D eigenvalue weighted by atomic mass is 10.3. The zero-order chi connectivity index (χ0) is 19.6. The zero-order valence-electron chi connectivity index (χ0n) is 15.8. The van der Waals surface area contributed by atoms with Crippen molar-refractivity contribution in [2.75, 3.05) is 51.5 Å². The van der Waals surface area contributed by atoms with E-state index < -0.39 is 5.97 Å². The summed E-state index contributed by atoms with van der Waals surface area (Å²) in [5.41, 5.74) is 0.820. The van der Waals surface area contributed by atoms with Crippen LogP contribution >= 0.6 is 0 Å². The molecule has 0 radical (unpaired) electrons. The first-order valence-electron chi connectivity index (χ1n) is 9.00. The molecule has 1 saturated heterocycles. The predicted molar refractivity (Wildman–Crippen MR) is 98.6 cm³/mol. The molecule has 0 atom stereocenters. The van der Waals surface area contributed by atoms with E-state index in [4.69, 9.17) is 14.2 Å². The second-order valence-corrected chi connectivity index (χ2v) is 6.04. The molecule has 0 unspecified atom stereocenters. The van der Waals surface area contributed by atoms with Crippen molar-refractivity contribution in [1.82, 2.24) is 4.90 Å². The van der Waals surface area contributed by atoms with Crippen molar-refractivity contribution < 1.29 is 28.6 Å². The number of nitrogens with zero attached hydrogens (tertiary/aromatic N) is 2. The van der Waals surface area contributed by atoms with E-state index in [2.05, 4.69) is 0 Å². The lowest BCUT2D eigenvalue weighted by Gasteiger charge is -2.21. The molecule has 1 aromatic rings. The third-order valence-electron chi connectivity index (χ3n) is 4.13. The summed E-state index contributed by atoms with van der Waals surface area (Å²) >= 11 is 0. The van der Waals surface area contributed by atoms with Crippen molar-refractivity contribution in [3.8, 4) is 5.75 Å². The van der Waals surface area contributed by atoms with Crippen LogP contribution in [0.15, 0.2) is 24.3 Å². The molecule has 148 valence electrons. The van der Waals surface area contributed by atoms with Gasteiger partial charge in [-0.15, -0.1) is 0 Å². The third-order valence-corrected chi connectivity index (χ3v) is 4.13. The second-order valence-electron chi connectivity index (χ2n) is 6.04. The number of hydrogen-bond acceptors (Lipinski definition) is 6. The van der Waals surface area contributed by atoms with Gasteiger partial charge in [0.2, 0.25) is 5.91 Å². The minimum Gasteiger partial charge on any atom is -0.484 e. The normalized spacial score (nSPS) is 13.6. The highest BCUT2D eigenvalue weighted by Gasteiger charge is 2.22. The molecular weight excluding hydrogens is 352 g/mol. The van der Waals surface area contributed by atoms with E-state index in [1.54, 1.807) is 36.1 Å². The number of benzene rings is 1. The van der Waals surface area contributed by atoms with Crippen molar-refractivity contribution in [1.29, 1.82) is 0 Å². The third kappa shape index (κ3) is 6.25. The molecule has 1 fully saturated rings. The van der Waals surface area contributed by atoms with Gasteiger partial charge in [0, 0.05) is 32.3 Å². The second kappa shape index (κ2) is 10.5. The summed E-state index contributed by atoms with van der Waals surface area (Å²) in [6, 6.07) is 7.03. The minimum atomic E-state index is -0.471. The fraction of sp³-hybridized carbons (Fsp3) is 0.526. The first-order chi connectivity index (χ1) is 13.0. The van der Waals surface area contributed by atoms with E-state index in [1.807, 2.05) is 0 Å². The smallest absolute Gasteiger partial charge is 0.325 e. The van der Waals surface area contributed by atoms with Crippen LogP contribution in [-0.4, -0.2) is 69.2 Å². The van der Waals surface area contributed by atoms with Crippen LogP contribution in [-0.2, 0) is 23.9 Å². The van der Waals surface area contributed by atoms with Gasteiger partial charge in [0.1, 0.15) is 12.3 Å². The van der Waals surface area contributed by atoms with Crippen LogP contribution in [0.25, 0.3) is 0 Å². The Balaban J connectivity index is 1.89. The molecule has 0 spiro atoms. The standard InChI is InChI=1S/C19H26N2O6/c1-3-26-19(24)13-20(11-12-25-2)18(23)14-27-16-8-6-15(7-9-16)21-10-4-5-17(21)22/h6-9H,3-5,10-14H2,1-2H3. The maximum absolute atomic E-state index is 12.4. The molecular formula is C19H26N2O6. The van der Waals surface area contributed by atoms with Crippen molar-refractivity contribution >= 4 is 23.5 Å². The molecule has 1 heterocycles. The number of hydrogen-bond donors (Lipinski definition) is 0. The first kappa shape index (κ1) is 20.7. The maximum atomic E-state index is 12.4. The number of methoxy groups -OCH3 is 1. The van der Waals surface area contributed by atoms with Gasteiger partial charge in [0.05, 0.1) is 13.2 Å². The number of ether oxygens (including phenoxy) is 3. The molecule has 2 rings (SSSR count). The Labute approximate surface area is 159 Å². The van der Waals surface area contributed by atoms with Gasteiger partial charge >= 0.3 is 5.97 Å². The molecule has 2 amide bonds. The van der Waals surface area contributed by atoms with Crippen molar-refractivity contribution in [2.24, 2.45) is 0 Å². The Morgan fingerprint density at radius 2 is 1.96 bits per heavy atom. The first-order valence-corrected chi connectivity index (χ1v) is 9.00. The largest absolute Gasteiger partial charge is 0.484 e. The van der Waals surface area contributed by atoms with Crippen LogP contribution in [0.3, 0.4) is 0 Å². The molecule has 1 aliphatic rings. The Kier molecular flexibility index (Phi) is 8.06. The molecule has 0 saturated carbocycles. The Bertz CT molecular complexity index is 646. The number of carbonyl (C=O) groups excluding carboxylic acids is 3. The molecule has 0 bridgehead atoms. The Morgan fingerprint density at radius 3 is 2.56 bits per heavy atom. The van der Waals surface area contributed by atoms with Gasteiger partial charge in [-0.1, -0.05) is 0 Å². The summed E-state index contributed by atoms with van der Waals surface area (Å²) in [6.07, 6.45) is 1.44. The van der Waals surface area contributed by atoms with Gasteiger partial charge in [0.25, 0.3) is 5.91 Å². The fourth-order valence-electron chi connectivity index (χ4n) is 2.74. The number of amides is 2. The molecule has 1 aromatic carbocycles. The van der Waals surface area contributed by atoms with E-state index in [0.717, 1.165) is 18.7 Å². The average Bonchev–Trinajstić information content (AvgIpc) is 3.09. The average molecular weight is 378 g/mol. The van der Waals surface area contributed by atoms with Gasteiger partial charge < -0.3 is 24.0 Å². The van der Waals surface area contributed by atoms with Crippen LogP contribution in [0, 0.1) is 0 Å².